The van der Waals surface area contributed by atoms with E-state index in [9.17, 15) is 25.2 Å². The Labute approximate surface area is 199 Å². The third kappa shape index (κ3) is 5.06. The number of carbonyl (C=O) groups excluding carboxylic acids is 1. The summed E-state index contributed by atoms with van der Waals surface area (Å²) in [5.74, 6) is -0.275. The van der Waals surface area contributed by atoms with Crippen molar-refractivity contribution in [1.29, 1.82) is 0 Å². The van der Waals surface area contributed by atoms with Crippen LogP contribution in [0, 0.1) is 0 Å². The Balaban J connectivity index is 1.38. The first-order chi connectivity index (χ1) is 16.6. The molecule has 0 spiro atoms. The predicted octanol–water partition coefficient (Wildman–Crippen LogP) is -5.54. The van der Waals surface area contributed by atoms with Crippen LogP contribution in [0.15, 0.2) is 12.7 Å². The van der Waals surface area contributed by atoms with Crippen LogP contribution in [-0.2, 0) is 20.8 Å². The van der Waals surface area contributed by atoms with Crippen LogP contribution < -0.4 is 28.3 Å². The lowest BCUT2D eigenvalue weighted by atomic mass is 9.84. The Morgan fingerprint density at radius 3 is 2.57 bits per heavy atom. The van der Waals surface area contributed by atoms with E-state index < -0.39 is 66.9 Å². The largest absolute Gasteiger partial charge is 0.389 e. The number of rotatable bonds is 6. The molecule has 194 valence electrons. The number of anilines is 1. The average molecular weight is 498 g/mol. The third-order valence-electron chi connectivity index (χ3n) is 6.38. The fourth-order valence-corrected chi connectivity index (χ4v) is 4.31. The molecule has 2 aliphatic rings. The van der Waals surface area contributed by atoms with Crippen LogP contribution in [0.25, 0.3) is 11.2 Å². The molecule has 4 rings (SSSR count). The summed E-state index contributed by atoms with van der Waals surface area (Å²) < 4.78 is 12.9. The fraction of sp³-hybridized carbons (Fsp3) is 0.684. The molecule has 16 heteroatoms. The highest BCUT2D eigenvalue weighted by Gasteiger charge is 2.48. The van der Waals surface area contributed by atoms with E-state index in [0.29, 0.717) is 11.2 Å². The average Bonchev–Trinajstić information content (AvgIpc) is 3.23. The van der Waals surface area contributed by atoms with E-state index in [2.05, 4.69) is 20.3 Å². The second kappa shape index (κ2) is 10.2. The summed E-state index contributed by atoms with van der Waals surface area (Å²) in [6.45, 7) is -0.348. The van der Waals surface area contributed by atoms with E-state index in [0.717, 1.165) is 0 Å². The van der Waals surface area contributed by atoms with E-state index in [1.165, 1.54) is 17.2 Å². The topological polar surface area (TPSA) is 276 Å². The number of nitrogens with one attached hydrogen (secondary N) is 1. The van der Waals surface area contributed by atoms with Gasteiger partial charge in [0.2, 0.25) is 5.91 Å². The molecular formula is C19H31N9O7. The van der Waals surface area contributed by atoms with E-state index in [-0.39, 0.29) is 25.3 Å². The number of aliphatic hydroxyl groups is 4. The van der Waals surface area contributed by atoms with Gasteiger partial charge in [0.15, 0.2) is 17.8 Å². The molecule has 13 N–H and O–H groups in total. The fourth-order valence-electron chi connectivity index (χ4n) is 4.31. The lowest BCUT2D eigenvalue weighted by Gasteiger charge is -2.45. The van der Waals surface area contributed by atoms with Crippen LogP contribution in [0.1, 0.15) is 6.42 Å². The molecule has 1 aliphatic carbocycles. The number of hydrogen-bond donors (Lipinski definition) is 9. The number of aliphatic hydroxyl groups excluding tert-OH is 4. The summed E-state index contributed by atoms with van der Waals surface area (Å²) in [4.78, 5) is 24.5. The number of carbonyl (C=O) groups is 1. The molecule has 0 bridgehead atoms. The van der Waals surface area contributed by atoms with Gasteiger partial charge in [-0.2, -0.15) is 0 Å². The van der Waals surface area contributed by atoms with E-state index in [4.69, 9.17) is 32.4 Å². The van der Waals surface area contributed by atoms with Crippen LogP contribution >= 0.6 is 0 Å². The molecule has 16 nitrogen and oxygen atoms in total. The molecule has 0 radical (unpaired) electrons. The lowest BCUT2D eigenvalue weighted by Crippen LogP contribution is -2.67. The molecule has 2 fully saturated rings. The zero-order chi connectivity index (χ0) is 25.4. The van der Waals surface area contributed by atoms with E-state index >= 15 is 0 Å². The summed E-state index contributed by atoms with van der Waals surface area (Å²) in [6.07, 6.45) is -6.22. The number of aromatic nitrogens is 4. The van der Waals surface area contributed by atoms with Gasteiger partial charge in [0, 0.05) is 18.6 Å². The molecule has 3 heterocycles. The minimum absolute atomic E-state index is 0.154. The van der Waals surface area contributed by atoms with Crippen molar-refractivity contribution in [2.24, 2.45) is 17.2 Å². The number of imidazole rings is 1. The van der Waals surface area contributed by atoms with Crippen molar-refractivity contribution >= 4 is 22.9 Å². The number of nitrogen functional groups attached to an aromatic ring is 1. The number of fused-ring (bicyclic) bond motifs is 1. The lowest BCUT2D eigenvalue weighted by molar-refractivity contribution is -0.288. The van der Waals surface area contributed by atoms with Crippen molar-refractivity contribution in [2.75, 3.05) is 12.3 Å². The van der Waals surface area contributed by atoms with Crippen LogP contribution in [0.4, 0.5) is 5.82 Å². The van der Waals surface area contributed by atoms with Gasteiger partial charge in [-0.3, -0.25) is 4.79 Å². The minimum atomic E-state index is -1.46. The maximum Gasteiger partial charge on any atom is 0.240 e. The van der Waals surface area contributed by atoms with Gasteiger partial charge < -0.3 is 62.7 Å². The van der Waals surface area contributed by atoms with Crippen molar-refractivity contribution in [1.82, 2.24) is 24.8 Å². The van der Waals surface area contributed by atoms with E-state index in [1.807, 2.05) is 0 Å². The molecular weight excluding hydrogens is 466 g/mol. The summed E-state index contributed by atoms with van der Waals surface area (Å²) in [5.41, 5.74) is 24.2. The molecule has 10 atom stereocenters. The highest BCUT2D eigenvalue weighted by molar-refractivity contribution is 5.83. The van der Waals surface area contributed by atoms with Gasteiger partial charge in [0.25, 0.3) is 0 Å². The number of ether oxygens (including phenoxy) is 2. The van der Waals surface area contributed by atoms with Crippen LogP contribution in [0.2, 0.25) is 0 Å². The van der Waals surface area contributed by atoms with Gasteiger partial charge in [-0.1, -0.05) is 0 Å². The zero-order valence-corrected chi connectivity index (χ0v) is 18.7. The van der Waals surface area contributed by atoms with Crippen LogP contribution in [0.5, 0.6) is 0 Å². The number of nitrogens with two attached hydrogens (primary N) is 4. The summed E-state index contributed by atoms with van der Waals surface area (Å²) in [6, 6.07) is -2.65. The molecule has 1 saturated heterocycles. The molecule has 2 aromatic heterocycles. The van der Waals surface area contributed by atoms with Gasteiger partial charge >= 0.3 is 0 Å². The van der Waals surface area contributed by atoms with Crippen molar-refractivity contribution in [3.05, 3.63) is 12.7 Å². The highest BCUT2D eigenvalue weighted by atomic mass is 16.7. The Bertz CT molecular complexity index is 1040. The van der Waals surface area contributed by atoms with Crippen molar-refractivity contribution < 1.29 is 34.7 Å². The molecule has 1 amide bonds. The Morgan fingerprint density at radius 1 is 1.09 bits per heavy atom. The Hall–Kier alpha value is -2.54. The number of nitrogens with zero attached hydrogens (tertiary/aromatic N) is 4. The van der Waals surface area contributed by atoms with Gasteiger partial charge in [-0.25, -0.2) is 15.0 Å². The van der Waals surface area contributed by atoms with Crippen molar-refractivity contribution in [2.45, 2.75) is 74.0 Å². The second-order valence-corrected chi connectivity index (χ2v) is 8.85. The van der Waals surface area contributed by atoms with Crippen molar-refractivity contribution in [3.8, 4) is 0 Å². The molecule has 1 aliphatic heterocycles. The first kappa shape index (κ1) is 25.5. The quantitative estimate of drug-likeness (QED) is 0.180. The van der Waals surface area contributed by atoms with Crippen molar-refractivity contribution in [3.63, 3.8) is 0 Å². The Kier molecular flexibility index (Phi) is 7.46. The third-order valence-corrected chi connectivity index (χ3v) is 6.38. The van der Waals surface area contributed by atoms with E-state index in [1.54, 1.807) is 0 Å². The maximum atomic E-state index is 12.5. The minimum Gasteiger partial charge on any atom is -0.389 e. The smallest absolute Gasteiger partial charge is 0.240 e. The van der Waals surface area contributed by atoms with Crippen LogP contribution in [-0.4, -0.2) is 113 Å². The summed E-state index contributed by atoms with van der Waals surface area (Å²) in [5, 5.41) is 43.8. The van der Waals surface area contributed by atoms with Gasteiger partial charge in [0.05, 0.1) is 18.5 Å². The highest BCUT2D eigenvalue weighted by Crippen LogP contribution is 2.27. The van der Waals surface area contributed by atoms with Gasteiger partial charge in [-0.15, -0.1) is 0 Å². The summed E-state index contributed by atoms with van der Waals surface area (Å²) in [7, 11) is 0. The van der Waals surface area contributed by atoms with Gasteiger partial charge in [0.1, 0.15) is 48.9 Å². The van der Waals surface area contributed by atoms with Gasteiger partial charge in [-0.05, 0) is 6.42 Å². The maximum absolute atomic E-state index is 12.5. The summed E-state index contributed by atoms with van der Waals surface area (Å²) >= 11 is 0. The SMILES string of the molecule is Nc1ncnc2c1ncn2CC(=O)NC[C@H]1O[C@H](O[C@H]2[C@H](O)[C@@H](O)[C@H](N)C[C@@H]2N)[C@H](N)[C@@H](O)[C@@H]1O. The normalized spacial score (nSPS) is 37.9. The number of hydrogen-bond acceptors (Lipinski definition) is 14. The predicted molar refractivity (Wildman–Crippen MR) is 119 cm³/mol. The van der Waals surface area contributed by atoms with Crippen LogP contribution in [0.3, 0.4) is 0 Å². The first-order valence-electron chi connectivity index (χ1n) is 11.1. The molecule has 35 heavy (non-hydrogen) atoms. The molecule has 2 aromatic rings. The Morgan fingerprint density at radius 2 is 1.83 bits per heavy atom. The molecule has 0 aromatic carbocycles. The number of amides is 1. The second-order valence-electron chi connectivity index (χ2n) is 8.85. The molecule has 0 unspecified atom stereocenters. The first-order valence-corrected chi connectivity index (χ1v) is 11.1. The zero-order valence-electron chi connectivity index (χ0n) is 18.7. The standard InChI is InChI=1S/C19H31N9O7/c20-6-1-7(21)16(15(33)12(6)30)35-19-10(22)14(32)13(31)8(34-19)2-24-9(29)3-28-5-27-11-17(23)25-4-26-18(11)28/h4-8,10,12-16,19,30-33H,1-3,20-22H2,(H,24,29)(H2,23,25,26)/t6-,7+,8-,10-,12+,13-,14-,15-,16-,19-/m1/s1. The molecule has 1 saturated carbocycles. The monoisotopic (exact) mass is 497 g/mol.